The van der Waals surface area contributed by atoms with Crippen molar-refractivity contribution < 1.29 is 28.6 Å². The van der Waals surface area contributed by atoms with Crippen LogP contribution in [0, 0.1) is 11.7 Å². The molecule has 1 atom stereocenters. The van der Waals surface area contributed by atoms with Crippen LogP contribution < -0.4 is 15.4 Å². The Morgan fingerprint density at radius 1 is 1.06 bits per heavy atom. The predicted molar refractivity (Wildman–Crippen MR) is 182 cm³/mol. The highest BCUT2D eigenvalue weighted by molar-refractivity contribution is 7.22. The first kappa shape index (κ1) is 34.4. The highest BCUT2D eigenvalue weighted by Crippen LogP contribution is 2.39. The van der Waals surface area contributed by atoms with Crippen molar-refractivity contribution in [1.29, 1.82) is 0 Å². The summed E-state index contributed by atoms with van der Waals surface area (Å²) in [6.07, 6.45) is 7.67. The third-order valence-electron chi connectivity index (χ3n) is 7.98. The number of carbonyl (C=O) groups excluding carboxylic acids is 2. The first-order valence-electron chi connectivity index (χ1n) is 16.2. The van der Waals surface area contributed by atoms with Gasteiger partial charge in [0.15, 0.2) is 17.3 Å². The Kier molecular flexibility index (Phi) is 12.2. The van der Waals surface area contributed by atoms with E-state index in [-0.39, 0.29) is 36.1 Å². The summed E-state index contributed by atoms with van der Waals surface area (Å²) in [5.74, 6) is -0.154. The number of carbonyl (C=O) groups is 2. The number of pyridine rings is 2. The lowest BCUT2D eigenvalue weighted by molar-refractivity contribution is 0.0710. The van der Waals surface area contributed by atoms with Crippen molar-refractivity contribution in [3.05, 3.63) is 66.2 Å². The van der Waals surface area contributed by atoms with Gasteiger partial charge in [0.2, 0.25) is 0 Å². The second-order valence-electron chi connectivity index (χ2n) is 11.6. The minimum Gasteiger partial charge on any atom is -0.453 e. The number of benzene rings is 1. The van der Waals surface area contributed by atoms with Crippen LogP contribution in [0.15, 0.2) is 54.9 Å². The maximum absolute atomic E-state index is 15.0. The van der Waals surface area contributed by atoms with Crippen molar-refractivity contribution >= 4 is 39.1 Å². The average Bonchev–Trinajstić information content (AvgIpc) is 3.77. The molecule has 1 aliphatic carbocycles. The second-order valence-corrected chi connectivity index (χ2v) is 12.7. The number of nitrogens with one attached hydrogen (secondary N) is 2. The molecule has 1 saturated carbocycles. The average molecular weight is 664 g/mol. The van der Waals surface area contributed by atoms with E-state index in [0.29, 0.717) is 41.4 Å². The maximum atomic E-state index is 15.0. The Balaban J connectivity index is 1.23. The SMILES string of the molecule is CCCN(CCOCCO)CCC(CC)C(=O)c1ccc(-c2cc3nccc(Oc4ccc(NC(=O)NC5CC5)cc4F)c3s2)nc1. The molecule has 0 spiro atoms. The van der Waals surface area contributed by atoms with E-state index in [9.17, 15) is 14.0 Å². The number of nitrogens with zero attached hydrogens (tertiary/aromatic N) is 3. The van der Waals surface area contributed by atoms with Crippen molar-refractivity contribution in [2.24, 2.45) is 5.92 Å². The van der Waals surface area contributed by atoms with E-state index in [0.717, 1.165) is 61.3 Å². The van der Waals surface area contributed by atoms with E-state index in [1.165, 1.54) is 23.5 Å². The van der Waals surface area contributed by atoms with Crippen LogP contribution in [0.1, 0.15) is 56.3 Å². The number of fused-ring (bicyclic) bond motifs is 1. The summed E-state index contributed by atoms with van der Waals surface area (Å²) >= 11 is 1.42. The molecular weight excluding hydrogens is 621 g/mol. The van der Waals surface area contributed by atoms with E-state index < -0.39 is 5.82 Å². The molecule has 1 fully saturated rings. The lowest BCUT2D eigenvalue weighted by Gasteiger charge is -2.24. The Hall–Kier alpha value is -3.97. The fraction of sp³-hybridized carbons (Fsp3) is 0.429. The molecule has 10 nitrogen and oxygen atoms in total. The topological polar surface area (TPSA) is 126 Å². The molecule has 47 heavy (non-hydrogen) atoms. The van der Waals surface area contributed by atoms with E-state index in [4.69, 9.17) is 14.6 Å². The molecule has 0 aliphatic heterocycles. The van der Waals surface area contributed by atoms with Gasteiger partial charge in [-0.2, -0.15) is 0 Å². The summed E-state index contributed by atoms with van der Waals surface area (Å²) in [6, 6.07) is 11.4. The van der Waals surface area contributed by atoms with Gasteiger partial charge in [-0.15, -0.1) is 11.3 Å². The van der Waals surface area contributed by atoms with Gasteiger partial charge in [-0.3, -0.25) is 14.8 Å². The number of amides is 2. The minimum absolute atomic E-state index is 0.0148. The number of rotatable bonds is 18. The van der Waals surface area contributed by atoms with Crippen molar-refractivity contribution in [2.45, 2.75) is 52.0 Å². The molecule has 1 unspecified atom stereocenters. The summed E-state index contributed by atoms with van der Waals surface area (Å²) in [7, 11) is 0. The molecule has 4 aromatic rings. The fourth-order valence-corrected chi connectivity index (χ4v) is 6.32. The Morgan fingerprint density at radius 2 is 1.91 bits per heavy atom. The number of Topliss-reactive ketones (excluding diaryl/α,β-unsaturated/α-hetero) is 1. The fourth-order valence-electron chi connectivity index (χ4n) is 5.27. The van der Waals surface area contributed by atoms with E-state index >= 15 is 0 Å². The Bertz CT molecular complexity index is 1650. The van der Waals surface area contributed by atoms with Gasteiger partial charge >= 0.3 is 6.03 Å². The number of aromatic nitrogens is 2. The van der Waals surface area contributed by atoms with E-state index in [1.807, 2.05) is 25.1 Å². The van der Waals surface area contributed by atoms with Gasteiger partial charge in [-0.1, -0.05) is 13.8 Å². The lowest BCUT2D eigenvalue weighted by atomic mass is 9.92. The first-order chi connectivity index (χ1) is 22.9. The van der Waals surface area contributed by atoms with E-state index in [1.54, 1.807) is 24.5 Å². The number of hydrogen-bond acceptors (Lipinski definition) is 9. The molecule has 250 valence electrons. The lowest BCUT2D eigenvalue weighted by Crippen LogP contribution is -2.32. The third-order valence-corrected chi connectivity index (χ3v) is 9.14. The standard InChI is InChI=1S/C35H42FN5O5S/c1-3-14-41(16-18-45-19-17-42)15-12-23(4-2)33(43)24-5-9-28(38-22-24)32-21-29-34(47-32)31(11-13-37-29)46-30-10-8-26(20-27(30)36)40-35(44)39-25-6-7-25/h5,8-11,13,20-23,25,42H,3-4,6-7,12,14-19H2,1-2H3,(H2,39,40,44). The summed E-state index contributed by atoms with van der Waals surface area (Å²) < 4.78 is 27.1. The van der Waals surface area contributed by atoms with Crippen molar-refractivity contribution in [1.82, 2.24) is 20.2 Å². The molecular formula is C35H42FN5O5S. The zero-order chi connectivity index (χ0) is 33.2. The molecule has 12 heteroatoms. The van der Waals surface area contributed by atoms with Crippen molar-refractivity contribution in [3.8, 4) is 22.1 Å². The quantitative estimate of drug-likeness (QED) is 0.0776. The van der Waals surface area contributed by atoms with Gasteiger partial charge in [0.05, 0.1) is 40.6 Å². The van der Waals surface area contributed by atoms with Crippen molar-refractivity contribution in [3.63, 3.8) is 0 Å². The van der Waals surface area contributed by atoms with Crippen molar-refractivity contribution in [2.75, 3.05) is 44.8 Å². The number of anilines is 1. The Morgan fingerprint density at radius 3 is 2.62 bits per heavy atom. The number of hydrogen-bond donors (Lipinski definition) is 3. The van der Waals surface area contributed by atoms with Gasteiger partial charge in [-0.25, -0.2) is 9.18 Å². The Labute approximate surface area is 278 Å². The summed E-state index contributed by atoms with van der Waals surface area (Å²) in [5, 5.41) is 14.4. The molecule has 1 aromatic carbocycles. The third kappa shape index (κ3) is 9.54. The van der Waals surface area contributed by atoms with Crippen LogP contribution in [-0.4, -0.2) is 77.3 Å². The highest BCUT2D eigenvalue weighted by atomic mass is 32.1. The van der Waals surface area contributed by atoms with Crippen LogP contribution in [0.3, 0.4) is 0 Å². The van der Waals surface area contributed by atoms with Gasteiger partial charge in [0, 0.05) is 54.3 Å². The number of aliphatic hydroxyl groups excluding tert-OH is 1. The first-order valence-corrected chi connectivity index (χ1v) is 17.0. The number of thiophene rings is 1. The molecule has 3 heterocycles. The normalized spacial score (nSPS) is 13.6. The van der Waals surface area contributed by atoms with E-state index in [2.05, 4.69) is 32.4 Å². The predicted octanol–water partition coefficient (Wildman–Crippen LogP) is 6.89. The van der Waals surface area contributed by atoms with Gasteiger partial charge in [-0.05, 0) is 75.5 Å². The number of aliphatic hydroxyl groups is 1. The largest absolute Gasteiger partial charge is 0.453 e. The molecule has 1 aliphatic rings. The molecule has 2 amide bonds. The summed E-state index contributed by atoms with van der Waals surface area (Å²) in [6.45, 7) is 7.57. The summed E-state index contributed by atoms with van der Waals surface area (Å²) in [5.41, 5.74) is 2.30. The smallest absolute Gasteiger partial charge is 0.319 e. The zero-order valence-corrected chi connectivity index (χ0v) is 27.7. The number of urea groups is 1. The number of halogens is 1. The van der Waals surface area contributed by atoms with Gasteiger partial charge < -0.3 is 30.1 Å². The van der Waals surface area contributed by atoms with Crippen LogP contribution in [0.25, 0.3) is 20.8 Å². The summed E-state index contributed by atoms with van der Waals surface area (Å²) in [4.78, 5) is 37.6. The molecule has 3 N–H and O–H groups in total. The van der Waals surface area contributed by atoms with Crippen LogP contribution in [0.5, 0.6) is 11.5 Å². The zero-order valence-electron chi connectivity index (χ0n) is 26.8. The number of ketones is 1. The van der Waals surface area contributed by atoms with Gasteiger partial charge in [0.1, 0.15) is 5.75 Å². The van der Waals surface area contributed by atoms with Gasteiger partial charge in [0.25, 0.3) is 0 Å². The maximum Gasteiger partial charge on any atom is 0.319 e. The highest BCUT2D eigenvalue weighted by Gasteiger charge is 2.24. The molecule has 3 aromatic heterocycles. The van der Waals surface area contributed by atoms with Crippen LogP contribution in [0.2, 0.25) is 0 Å². The van der Waals surface area contributed by atoms with Crippen LogP contribution >= 0.6 is 11.3 Å². The number of ether oxygens (including phenoxy) is 2. The molecule has 0 saturated heterocycles. The monoisotopic (exact) mass is 663 g/mol. The van der Waals surface area contributed by atoms with Crippen LogP contribution in [-0.2, 0) is 4.74 Å². The minimum atomic E-state index is -0.603. The molecule has 0 bridgehead atoms. The molecule has 5 rings (SSSR count). The molecule has 0 radical (unpaired) electrons. The van der Waals surface area contributed by atoms with Crippen LogP contribution in [0.4, 0.5) is 14.9 Å². The second kappa shape index (κ2) is 16.7.